The number of nitrogens with one attached hydrogen (secondary N) is 2. The molecule has 1 aliphatic rings. The van der Waals surface area contributed by atoms with Crippen LogP contribution in [0.15, 0.2) is 24.3 Å². The first-order chi connectivity index (χ1) is 19.7. The molecule has 2 rings (SSSR count). The second-order valence-electron chi connectivity index (χ2n) is 11.9. The first kappa shape index (κ1) is 36.1. The number of rotatable bonds is 11. The summed E-state index contributed by atoms with van der Waals surface area (Å²) in [6, 6.07) is 5.40. The topological polar surface area (TPSA) is 198 Å². The number of urea groups is 1. The zero-order valence-corrected chi connectivity index (χ0v) is 26.6. The van der Waals surface area contributed by atoms with Crippen molar-refractivity contribution < 1.29 is 51.5 Å². The molecule has 1 fully saturated rings. The Labute approximate surface area is 256 Å². The van der Waals surface area contributed by atoms with Crippen LogP contribution in [0.1, 0.15) is 53.5 Å². The Morgan fingerprint density at radius 3 is 2.26 bits per heavy atom. The van der Waals surface area contributed by atoms with E-state index in [0.717, 1.165) is 0 Å². The Hall–Kier alpha value is -3.14. The molecular weight excluding hydrogens is 610 g/mol. The van der Waals surface area contributed by atoms with Gasteiger partial charge in [-0.15, -0.1) is 0 Å². The molecule has 14 nitrogen and oxygen atoms in total. The first-order valence-electron chi connectivity index (χ1n) is 13.4. The smallest absolute Gasteiger partial charge is 0.427 e. The van der Waals surface area contributed by atoms with Crippen LogP contribution < -0.4 is 10.6 Å². The van der Waals surface area contributed by atoms with Gasteiger partial charge in [0.2, 0.25) is 12.7 Å². The van der Waals surface area contributed by atoms with Crippen LogP contribution >= 0.6 is 11.6 Å². The number of carbonyl (C=O) groups is 4. The maximum atomic E-state index is 13.5. The third-order valence-electron chi connectivity index (χ3n) is 7.03. The van der Waals surface area contributed by atoms with Crippen LogP contribution in [0.4, 0.5) is 9.59 Å². The third kappa shape index (κ3) is 10.5. The summed E-state index contributed by atoms with van der Waals surface area (Å²) in [5.41, 5.74) is -2.50. The maximum Gasteiger partial charge on any atom is 0.511 e. The highest BCUT2D eigenvalue weighted by Crippen LogP contribution is 2.46. The predicted octanol–water partition coefficient (Wildman–Crippen LogP) is 2.43. The Morgan fingerprint density at radius 2 is 1.72 bits per heavy atom. The number of benzene rings is 1. The monoisotopic (exact) mass is 649 g/mol. The molecule has 16 heteroatoms. The molecule has 43 heavy (non-hydrogen) atoms. The summed E-state index contributed by atoms with van der Waals surface area (Å²) in [5.74, 6) is -3.23. The van der Waals surface area contributed by atoms with E-state index in [9.17, 15) is 32.7 Å². The van der Waals surface area contributed by atoms with Gasteiger partial charge in [-0.25, -0.2) is 9.59 Å². The average Bonchev–Trinajstić information content (AvgIpc) is 2.86. The second kappa shape index (κ2) is 14.1. The zero-order chi connectivity index (χ0) is 32.8. The van der Waals surface area contributed by atoms with E-state index in [1.165, 1.54) is 13.8 Å². The molecule has 1 unspecified atom stereocenters. The van der Waals surface area contributed by atoms with E-state index in [2.05, 4.69) is 20.1 Å². The summed E-state index contributed by atoms with van der Waals surface area (Å²) in [7, 11) is -4.60. The molecular formula is C27H40ClN3O11S. The maximum absolute atomic E-state index is 13.5. The number of hydrogen-bond acceptors (Lipinski definition) is 10. The van der Waals surface area contributed by atoms with Crippen LogP contribution in [0.3, 0.4) is 0 Å². The molecule has 2 atom stereocenters. The van der Waals surface area contributed by atoms with Gasteiger partial charge in [-0.1, -0.05) is 51.4 Å². The number of hydrogen-bond donors (Lipinski definition) is 4. The molecule has 3 amide bonds. The zero-order valence-electron chi connectivity index (χ0n) is 25.0. The fraction of sp³-hybridized carbons (Fsp3) is 0.630. The lowest BCUT2D eigenvalue weighted by Crippen LogP contribution is -2.61. The number of nitrogens with zero attached hydrogens (tertiary/aromatic N) is 1. The predicted molar refractivity (Wildman–Crippen MR) is 155 cm³/mol. The lowest BCUT2D eigenvalue weighted by atomic mass is 9.66. The van der Waals surface area contributed by atoms with Crippen molar-refractivity contribution in [3.8, 4) is 0 Å². The summed E-state index contributed by atoms with van der Waals surface area (Å²) in [4.78, 5) is 51.0. The molecule has 1 saturated heterocycles. The second-order valence-corrected chi connectivity index (χ2v) is 13.8. The lowest BCUT2D eigenvalue weighted by Gasteiger charge is -2.51. The Kier molecular flexibility index (Phi) is 11.8. The molecule has 242 valence electrons. The van der Waals surface area contributed by atoms with Gasteiger partial charge >= 0.3 is 18.2 Å². The summed E-state index contributed by atoms with van der Waals surface area (Å²) in [6.45, 7) is 9.60. The molecule has 0 saturated carbocycles. The van der Waals surface area contributed by atoms with Crippen LogP contribution in [0.2, 0.25) is 5.02 Å². The van der Waals surface area contributed by atoms with Crippen LogP contribution in [-0.4, -0.2) is 90.9 Å². The van der Waals surface area contributed by atoms with Crippen molar-refractivity contribution in [3.63, 3.8) is 0 Å². The summed E-state index contributed by atoms with van der Waals surface area (Å²) >= 11 is 6.01. The Morgan fingerprint density at radius 1 is 1.12 bits per heavy atom. The van der Waals surface area contributed by atoms with Gasteiger partial charge < -0.3 is 34.9 Å². The summed E-state index contributed by atoms with van der Waals surface area (Å²) < 4.78 is 43.8. The molecule has 1 aromatic carbocycles. The van der Waals surface area contributed by atoms with Crippen molar-refractivity contribution >= 4 is 45.8 Å². The highest BCUT2D eigenvalue weighted by Gasteiger charge is 2.50. The highest BCUT2D eigenvalue weighted by molar-refractivity contribution is 7.86. The number of amides is 3. The fourth-order valence-corrected chi connectivity index (χ4v) is 5.10. The summed E-state index contributed by atoms with van der Waals surface area (Å²) in [5, 5.41) is 17.4. The highest BCUT2D eigenvalue weighted by atomic mass is 35.5. The number of halogens is 1. The Bertz CT molecular complexity index is 1290. The first-order valence-corrected chi connectivity index (χ1v) is 15.4. The van der Waals surface area contributed by atoms with Crippen molar-refractivity contribution in [3.05, 3.63) is 34.9 Å². The minimum Gasteiger partial charge on any atom is -0.427 e. The van der Waals surface area contributed by atoms with Crippen LogP contribution in [0, 0.1) is 11.3 Å². The lowest BCUT2D eigenvalue weighted by molar-refractivity contribution is -0.155. The molecule has 1 aliphatic heterocycles. The number of esters is 1. The molecule has 0 radical (unpaired) electrons. The van der Waals surface area contributed by atoms with Gasteiger partial charge in [0.05, 0.1) is 12.1 Å². The van der Waals surface area contributed by atoms with Crippen LogP contribution in [0.25, 0.3) is 0 Å². The molecule has 0 spiro atoms. The number of ether oxygens (including phenoxy) is 3. The average molecular weight is 650 g/mol. The fourth-order valence-electron chi connectivity index (χ4n) is 4.59. The van der Waals surface area contributed by atoms with Crippen molar-refractivity contribution in [1.29, 1.82) is 0 Å². The van der Waals surface area contributed by atoms with E-state index in [1.807, 2.05) is 13.8 Å². The van der Waals surface area contributed by atoms with Gasteiger partial charge in [0.25, 0.3) is 10.1 Å². The van der Waals surface area contributed by atoms with Gasteiger partial charge in [-0.2, -0.15) is 8.42 Å². The van der Waals surface area contributed by atoms with E-state index < -0.39 is 63.5 Å². The van der Waals surface area contributed by atoms with Gasteiger partial charge in [0.1, 0.15) is 11.6 Å². The van der Waals surface area contributed by atoms with Gasteiger partial charge in [-0.3, -0.25) is 14.1 Å². The molecule has 4 N–H and O–H groups in total. The van der Waals surface area contributed by atoms with Gasteiger partial charge in [0.15, 0.2) is 5.75 Å². The third-order valence-corrected chi connectivity index (χ3v) is 7.89. The minimum absolute atomic E-state index is 0.194. The summed E-state index contributed by atoms with van der Waals surface area (Å²) in [6.07, 6.45) is -0.987. The van der Waals surface area contributed by atoms with E-state index in [-0.39, 0.29) is 37.9 Å². The van der Waals surface area contributed by atoms with Gasteiger partial charge in [-0.05, 0) is 43.9 Å². The number of likely N-dealkylation sites (tertiary alicyclic amines) is 1. The quantitative estimate of drug-likeness (QED) is 0.156. The van der Waals surface area contributed by atoms with Crippen molar-refractivity contribution in [2.24, 2.45) is 11.3 Å². The van der Waals surface area contributed by atoms with Crippen LogP contribution in [-0.2, 0) is 39.5 Å². The number of carbonyl (C=O) groups excluding carboxylic acids is 4. The van der Waals surface area contributed by atoms with E-state index >= 15 is 0 Å². The Balaban J connectivity index is 1.92. The molecule has 1 aromatic rings. The SMILES string of the molecule is CC(C)C(NC(=O)NCC(C)(C)OC(=O)OCOC(=O)CS(=O)(=O)O)C(=O)N1CC[C@](O)(c2ccc(Cl)cc2)C(C)(C)C1. The number of piperidine rings is 1. The largest absolute Gasteiger partial charge is 0.511 e. The molecule has 0 aliphatic carbocycles. The number of aliphatic hydroxyl groups is 1. The van der Waals surface area contributed by atoms with Crippen molar-refractivity contribution in [2.75, 3.05) is 32.2 Å². The van der Waals surface area contributed by atoms with Gasteiger partial charge in [0, 0.05) is 23.5 Å². The molecule has 0 bridgehead atoms. The molecule has 0 aromatic heterocycles. The van der Waals surface area contributed by atoms with Crippen molar-refractivity contribution in [2.45, 2.75) is 65.2 Å². The minimum atomic E-state index is -4.60. The van der Waals surface area contributed by atoms with E-state index in [0.29, 0.717) is 10.6 Å². The van der Waals surface area contributed by atoms with E-state index in [4.69, 9.17) is 20.9 Å². The molecule has 1 heterocycles. The van der Waals surface area contributed by atoms with E-state index in [1.54, 1.807) is 43.0 Å². The van der Waals surface area contributed by atoms with Crippen LogP contribution in [0.5, 0.6) is 0 Å². The standard InChI is InChI=1S/C27H40ClN3O11S/c1-17(2)21(22(33)31-12-11-27(36,25(3,4)15-31)18-7-9-19(28)10-8-18)30-23(34)29-14-26(5,6)42-24(35)41-16-40-20(32)13-43(37,38)39/h7-10,17,21,36H,11-16H2,1-6H3,(H2,29,30,34)(H,37,38,39)/t21?,27-/m0/s1. The normalized spacial score (nSPS) is 19.3. The van der Waals surface area contributed by atoms with Crippen molar-refractivity contribution in [1.82, 2.24) is 15.5 Å².